The minimum Gasteiger partial charge on any atom is -0.664 e. The van der Waals surface area contributed by atoms with E-state index in [-0.39, 0.29) is 17.1 Å². The standard InChI is InChI=1S/2C23H21N2.Cu/c2*1-18-10-6-8-14-21(18)24-17-16-23(20-12-4-3-5-13-20)25-22-15-9-7-11-19(22)2;/h2*3-17H,1-2H3;/q2*-1;+2/b2*17-16-,25-23?;. The molecular weight excluding hydrogens is 672 g/mol. The maximum Gasteiger partial charge on any atom is 2.00 e. The third kappa shape index (κ3) is 11.7. The van der Waals surface area contributed by atoms with E-state index in [1.54, 1.807) is 0 Å². The van der Waals surface area contributed by atoms with Crippen molar-refractivity contribution < 1.29 is 17.1 Å². The Balaban J connectivity index is 0.000000224. The van der Waals surface area contributed by atoms with Gasteiger partial charge in [0, 0.05) is 11.1 Å². The van der Waals surface area contributed by atoms with Crippen LogP contribution in [0.3, 0.4) is 0 Å². The summed E-state index contributed by atoms with van der Waals surface area (Å²) in [5, 5.41) is 9.15. The van der Waals surface area contributed by atoms with Crippen LogP contribution in [0.1, 0.15) is 33.4 Å². The molecule has 0 N–H and O–H groups in total. The number of rotatable bonds is 10. The number of aryl methyl sites for hydroxylation is 4. The van der Waals surface area contributed by atoms with Gasteiger partial charge in [0.25, 0.3) is 0 Å². The van der Waals surface area contributed by atoms with Gasteiger partial charge in [0.2, 0.25) is 0 Å². The molecule has 0 aliphatic rings. The summed E-state index contributed by atoms with van der Waals surface area (Å²) in [6.07, 6.45) is 7.58. The number of aliphatic imine (C=N–C) groups is 2. The first-order valence-corrected chi connectivity index (χ1v) is 16.7. The van der Waals surface area contributed by atoms with Crippen molar-refractivity contribution in [1.29, 1.82) is 0 Å². The van der Waals surface area contributed by atoms with Crippen molar-refractivity contribution in [3.05, 3.63) is 226 Å². The topological polar surface area (TPSA) is 52.9 Å². The van der Waals surface area contributed by atoms with Crippen molar-refractivity contribution in [3.8, 4) is 0 Å². The molecule has 0 aliphatic heterocycles. The van der Waals surface area contributed by atoms with E-state index in [2.05, 4.69) is 86.9 Å². The van der Waals surface area contributed by atoms with Gasteiger partial charge >= 0.3 is 17.1 Å². The van der Waals surface area contributed by atoms with Crippen LogP contribution in [0.5, 0.6) is 0 Å². The third-order valence-electron chi connectivity index (χ3n) is 7.97. The summed E-state index contributed by atoms with van der Waals surface area (Å²) in [4.78, 5) is 9.70. The number of hydrogen-bond donors (Lipinski definition) is 0. The van der Waals surface area contributed by atoms with Crippen LogP contribution in [0, 0.1) is 27.7 Å². The van der Waals surface area contributed by atoms with E-state index in [0.29, 0.717) is 0 Å². The molecule has 6 aromatic carbocycles. The van der Waals surface area contributed by atoms with Crippen molar-refractivity contribution in [2.45, 2.75) is 27.7 Å². The fourth-order valence-electron chi connectivity index (χ4n) is 5.04. The quantitative estimate of drug-likeness (QED) is 0.100. The van der Waals surface area contributed by atoms with Crippen LogP contribution < -0.4 is 0 Å². The maximum atomic E-state index is 4.85. The first-order valence-electron chi connectivity index (χ1n) is 16.7. The Hall–Kier alpha value is -5.74. The summed E-state index contributed by atoms with van der Waals surface area (Å²) in [6.45, 7) is 8.27. The summed E-state index contributed by atoms with van der Waals surface area (Å²) < 4.78 is 0. The molecule has 0 fully saturated rings. The van der Waals surface area contributed by atoms with Crippen molar-refractivity contribution >= 4 is 34.2 Å². The van der Waals surface area contributed by atoms with Crippen LogP contribution in [0.25, 0.3) is 10.6 Å². The molecule has 5 heteroatoms. The molecule has 4 nitrogen and oxygen atoms in total. The van der Waals surface area contributed by atoms with E-state index in [4.69, 9.17) is 9.98 Å². The van der Waals surface area contributed by atoms with Gasteiger partial charge in [0.15, 0.2) is 0 Å². The Morgan fingerprint density at radius 3 is 1.06 bits per heavy atom. The fraction of sp³-hybridized carbons (Fsp3) is 0.0870. The second kappa shape index (κ2) is 20.1. The molecule has 0 unspecified atom stereocenters. The zero-order valence-corrected chi connectivity index (χ0v) is 30.4. The van der Waals surface area contributed by atoms with Gasteiger partial charge in [-0.1, -0.05) is 169 Å². The van der Waals surface area contributed by atoms with Gasteiger partial charge in [0.1, 0.15) is 0 Å². The predicted octanol–water partition coefficient (Wildman–Crippen LogP) is 13.3. The van der Waals surface area contributed by atoms with E-state index in [1.807, 2.05) is 134 Å². The second-order valence-corrected chi connectivity index (χ2v) is 11.8. The largest absolute Gasteiger partial charge is 2.00 e. The molecular formula is C46H42CuN4. The van der Waals surface area contributed by atoms with E-state index in [0.717, 1.165) is 67.6 Å². The smallest absolute Gasteiger partial charge is 0.664 e. The molecule has 51 heavy (non-hydrogen) atoms. The first kappa shape index (κ1) is 38.1. The van der Waals surface area contributed by atoms with Crippen LogP contribution in [0.4, 0.5) is 22.7 Å². The Kier molecular flexibility index (Phi) is 15.0. The maximum absolute atomic E-state index is 4.85. The molecule has 0 heterocycles. The third-order valence-corrected chi connectivity index (χ3v) is 7.97. The Morgan fingerprint density at radius 1 is 0.392 bits per heavy atom. The predicted molar refractivity (Wildman–Crippen MR) is 214 cm³/mol. The second-order valence-electron chi connectivity index (χ2n) is 11.8. The molecule has 0 saturated carbocycles. The summed E-state index contributed by atoms with van der Waals surface area (Å²) >= 11 is 0. The molecule has 6 aromatic rings. The zero-order valence-electron chi connectivity index (χ0n) is 29.4. The fourth-order valence-corrected chi connectivity index (χ4v) is 5.04. The van der Waals surface area contributed by atoms with Gasteiger partial charge in [0.05, 0.1) is 22.8 Å². The van der Waals surface area contributed by atoms with Gasteiger partial charge in [-0.05, 0) is 51.0 Å². The Morgan fingerprint density at radius 2 is 0.706 bits per heavy atom. The van der Waals surface area contributed by atoms with Crippen molar-refractivity contribution in [3.63, 3.8) is 0 Å². The Labute approximate surface area is 313 Å². The van der Waals surface area contributed by atoms with E-state index in [9.17, 15) is 0 Å². The van der Waals surface area contributed by atoms with Crippen LogP contribution in [0.2, 0.25) is 0 Å². The molecule has 0 aromatic heterocycles. The summed E-state index contributed by atoms with van der Waals surface area (Å²) in [5.74, 6) is 0. The molecule has 6 rings (SSSR count). The average molecular weight is 714 g/mol. The number of para-hydroxylation sites is 4. The van der Waals surface area contributed by atoms with Gasteiger partial charge in [-0.15, -0.1) is 11.4 Å². The molecule has 257 valence electrons. The normalized spacial score (nSPS) is 11.5. The molecule has 0 amide bonds. The number of hydrogen-bond acceptors (Lipinski definition) is 2. The van der Waals surface area contributed by atoms with Gasteiger partial charge in [-0.25, -0.2) is 9.98 Å². The summed E-state index contributed by atoms with van der Waals surface area (Å²) in [5.41, 5.74) is 12.4. The van der Waals surface area contributed by atoms with Gasteiger partial charge in [-0.2, -0.15) is 12.4 Å². The first-order chi connectivity index (χ1) is 24.5. The molecule has 0 aliphatic carbocycles. The monoisotopic (exact) mass is 713 g/mol. The van der Waals surface area contributed by atoms with Gasteiger partial charge < -0.3 is 10.6 Å². The van der Waals surface area contributed by atoms with Crippen molar-refractivity contribution in [2.24, 2.45) is 9.98 Å². The number of nitrogens with zero attached hydrogens (tertiary/aromatic N) is 4. The van der Waals surface area contributed by atoms with Crippen LogP contribution >= 0.6 is 0 Å². The molecule has 1 radical (unpaired) electrons. The zero-order chi connectivity index (χ0) is 35.0. The van der Waals surface area contributed by atoms with E-state index in [1.165, 1.54) is 0 Å². The average Bonchev–Trinajstić information content (AvgIpc) is 3.15. The molecule has 0 bridgehead atoms. The molecule has 0 atom stereocenters. The van der Waals surface area contributed by atoms with Gasteiger partial charge in [-0.3, -0.25) is 0 Å². The van der Waals surface area contributed by atoms with Crippen molar-refractivity contribution in [2.75, 3.05) is 0 Å². The summed E-state index contributed by atoms with van der Waals surface area (Å²) in [7, 11) is 0. The van der Waals surface area contributed by atoms with E-state index >= 15 is 0 Å². The van der Waals surface area contributed by atoms with E-state index < -0.39 is 0 Å². The molecule has 0 saturated heterocycles. The summed E-state index contributed by atoms with van der Waals surface area (Å²) in [6, 6.07) is 52.8. The Bertz CT molecular complexity index is 1950. The minimum atomic E-state index is 0. The van der Waals surface area contributed by atoms with Crippen LogP contribution in [0.15, 0.2) is 192 Å². The SMILES string of the molecule is Cc1ccccc1N=C(/C=C\[N-]c1ccccc1C)c1ccccc1.Cc1ccccc1N=C(/C=C\[N-]c1ccccc1C)c1ccccc1.[Cu+2]. The number of benzene rings is 6. The number of allylic oxidation sites excluding steroid dienone is 2. The van der Waals surface area contributed by atoms with Crippen molar-refractivity contribution in [1.82, 2.24) is 0 Å². The van der Waals surface area contributed by atoms with Crippen LogP contribution in [-0.4, -0.2) is 11.4 Å². The molecule has 0 spiro atoms. The minimum absolute atomic E-state index is 0. The van der Waals surface area contributed by atoms with Crippen LogP contribution in [-0.2, 0) is 17.1 Å².